The fourth-order valence-corrected chi connectivity index (χ4v) is 2.34. The monoisotopic (exact) mass is 334 g/mol. The molecule has 1 atom stereocenters. The summed E-state index contributed by atoms with van der Waals surface area (Å²) in [5, 5.41) is 2.63. The molecule has 2 aromatic rings. The van der Waals surface area contributed by atoms with Crippen molar-refractivity contribution in [1.82, 2.24) is 10.3 Å². The lowest BCUT2D eigenvalue weighted by Crippen LogP contribution is -2.35. The third-order valence-corrected chi connectivity index (χ3v) is 3.64. The van der Waals surface area contributed by atoms with Crippen LogP contribution in [0.3, 0.4) is 0 Å². The van der Waals surface area contributed by atoms with Crippen LogP contribution in [0.5, 0.6) is 0 Å². The van der Waals surface area contributed by atoms with Crippen molar-refractivity contribution in [2.45, 2.75) is 19.8 Å². The number of ether oxygens (including phenoxy) is 1. The van der Waals surface area contributed by atoms with Gasteiger partial charge in [0.25, 0.3) is 5.91 Å². The number of hydrogen-bond acceptors (Lipinski definition) is 5. The Morgan fingerprint density at radius 1 is 1.38 bits per heavy atom. The predicted molar refractivity (Wildman–Crippen MR) is 83.8 cm³/mol. The molecule has 6 nitrogen and oxygen atoms in total. The van der Waals surface area contributed by atoms with Gasteiger partial charge in [-0.3, -0.25) is 9.59 Å². The Bertz CT molecular complexity index is 714. The van der Waals surface area contributed by atoms with E-state index in [4.69, 9.17) is 9.15 Å². The summed E-state index contributed by atoms with van der Waals surface area (Å²) in [6.07, 6.45) is 1.85. The number of oxazole rings is 1. The number of hydrogen-bond donors (Lipinski definition) is 1. The lowest BCUT2D eigenvalue weighted by molar-refractivity contribution is -0.145. The molecule has 0 fully saturated rings. The van der Waals surface area contributed by atoms with Crippen LogP contribution in [0.25, 0.3) is 0 Å². The molecule has 0 unspecified atom stereocenters. The van der Waals surface area contributed by atoms with Crippen LogP contribution in [0.4, 0.5) is 4.39 Å². The topological polar surface area (TPSA) is 81.4 Å². The lowest BCUT2D eigenvalue weighted by atomic mass is 9.98. The Morgan fingerprint density at radius 3 is 2.79 bits per heavy atom. The van der Waals surface area contributed by atoms with Crippen LogP contribution in [-0.4, -0.2) is 30.5 Å². The molecule has 24 heavy (non-hydrogen) atoms. The Kier molecular flexibility index (Phi) is 6.06. The van der Waals surface area contributed by atoms with Gasteiger partial charge >= 0.3 is 5.97 Å². The van der Waals surface area contributed by atoms with Crippen molar-refractivity contribution in [3.05, 3.63) is 53.5 Å². The highest BCUT2D eigenvalue weighted by Gasteiger charge is 2.23. The summed E-state index contributed by atoms with van der Waals surface area (Å²) < 4.78 is 23.6. The van der Waals surface area contributed by atoms with Gasteiger partial charge in [0.1, 0.15) is 11.6 Å². The minimum atomic E-state index is -0.701. The third kappa shape index (κ3) is 4.18. The van der Waals surface area contributed by atoms with Crippen molar-refractivity contribution in [2.75, 3.05) is 13.7 Å². The Hall–Kier alpha value is -2.70. The van der Waals surface area contributed by atoms with E-state index in [0.29, 0.717) is 17.7 Å². The van der Waals surface area contributed by atoms with Gasteiger partial charge in [0.2, 0.25) is 0 Å². The molecule has 0 saturated heterocycles. The second-order valence-corrected chi connectivity index (χ2v) is 5.20. The van der Waals surface area contributed by atoms with E-state index in [0.717, 1.165) is 0 Å². The van der Waals surface area contributed by atoms with Crippen molar-refractivity contribution in [1.29, 1.82) is 0 Å². The number of nitrogens with one attached hydrogen (secondary N) is 1. The first kappa shape index (κ1) is 17.7. The SMILES string of the molecule is CCc1ocnc1C(=O)NC[C@H](Cc1ccccc1F)C(=O)OC. The molecule has 0 spiro atoms. The Labute approximate surface area is 139 Å². The van der Waals surface area contributed by atoms with E-state index in [1.807, 2.05) is 6.92 Å². The van der Waals surface area contributed by atoms with E-state index >= 15 is 0 Å². The zero-order valence-electron chi connectivity index (χ0n) is 13.5. The molecule has 0 saturated carbocycles. The molecule has 7 heteroatoms. The maximum absolute atomic E-state index is 13.8. The maximum Gasteiger partial charge on any atom is 0.310 e. The van der Waals surface area contributed by atoms with Gasteiger partial charge in [-0.1, -0.05) is 25.1 Å². The summed E-state index contributed by atoms with van der Waals surface area (Å²) >= 11 is 0. The van der Waals surface area contributed by atoms with Crippen molar-refractivity contribution >= 4 is 11.9 Å². The van der Waals surface area contributed by atoms with E-state index in [2.05, 4.69) is 10.3 Å². The first-order valence-corrected chi connectivity index (χ1v) is 7.58. The summed E-state index contributed by atoms with van der Waals surface area (Å²) in [7, 11) is 1.26. The van der Waals surface area contributed by atoms with Crippen molar-refractivity contribution < 1.29 is 23.1 Å². The lowest BCUT2D eigenvalue weighted by Gasteiger charge is -2.15. The van der Waals surface area contributed by atoms with Crippen LogP contribution in [0, 0.1) is 11.7 Å². The highest BCUT2D eigenvalue weighted by Crippen LogP contribution is 2.14. The fraction of sp³-hybridized carbons (Fsp3) is 0.353. The summed E-state index contributed by atoms with van der Waals surface area (Å²) in [5.74, 6) is -1.59. The molecule has 0 aliphatic rings. The standard InChI is InChI=1S/C17H19FN2O4/c1-3-14-15(20-10-24-14)16(21)19-9-12(17(22)23-2)8-11-6-4-5-7-13(11)18/h4-7,10,12H,3,8-9H2,1-2H3,(H,19,21)/t12-/m0/s1. The van der Waals surface area contributed by atoms with Gasteiger partial charge in [-0.05, 0) is 18.1 Å². The second kappa shape index (κ2) is 8.24. The minimum Gasteiger partial charge on any atom is -0.469 e. The number of benzene rings is 1. The first-order chi connectivity index (χ1) is 11.6. The van der Waals surface area contributed by atoms with Crippen LogP contribution in [0.15, 0.2) is 35.1 Å². The number of methoxy groups -OCH3 is 1. The minimum absolute atomic E-state index is 0.00978. The molecule has 1 N–H and O–H groups in total. The number of halogens is 1. The van der Waals surface area contributed by atoms with Crippen LogP contribution >= 0.6 is 0 Å². The number of nitrogens with zero attached hydrogens (tertiary/aromatic N) is 1. The molecule has 0 aliphatic heterocycles. The number of amides is 1. The van der Waals surface area contributed by atoms with Gasteiger partial charge < -0.3 is 14.5 Å². The highest BCUT2D eigenvalue weighted by molar-refractivity contribution is 5.93. The molecule has 0 aliphatic carbocycles. The normalized spacial score (nSPS) is 11.8. The maximum atomic E-state index is 13.8. The average Bonchev–Trinajstić information content (AvgIpc) is 3.08. The van der Waals surface area contributed by atoms with Gasteiger partial charge in [-0.2, -0.15) is 0 Å². The second-order valence-electron chi connectivity index (χ2n) is 5.20. The van der Waals surface area contributed by atoms with Crippen molar-refractivity contribution in [3.8, 4) is 0 Å². The quantitative estimate of drug-likeness (QED) is 0.785. The predicted octanol–water partition coefficient (Wildman–Crippen LogP) is 2.14. The van der Waals surface area contributed by atoms with E-state index in [1.165, 1.54) is 19.6 Å². The first-order valence-electron chi connectivity index (χ1n) is 7.58. The van der Waals surface area contributed by atoms with Crippen LogP contribution in [0.1, 0.15) is 28.7 Å². The van der Waals surface area contributed by atoms with Gasteiger partial charge in [0, 0.05) is 13.0 Å². The smallest absolute Gasteiger partial charge is 0.310 e. The number of aryl methyl sites for hydroxylation is 1. The molecule has 2 rings (SSSR count). The highest BCUT2D eigenvalue weighted by atomic mass is 19.1. The number of rotatable bonds is 7. The molecule has 0 bridgehead atoms. The van der Waals surface area contributed by atoms with Gasteiger partial charge in [-0.25, -0.2) is 9.37 Å². The van der Waals surface area contributed by atoms with Crippen LogP contribution in [0.2, 0.25) is 0 Å². The molecule has 1 heterocycles. The van der Waals surface area contributed by atoms with Crippen LogP contribution in [-0.2, 0) is 22.4 Å². The number of aromatic nitrogens is 1. The van der Waals surface area contributed by atoms with E-state index in [1.54, 1.807) is 18.2 Å². The van der Waals surface area contributed by atoms with Crippen molar-refractivity contribution in [3.63, 3.8) is 0 Å². The molecule has 1 amide bonds. The van der Waals surface area contributed by atoms with Gasteiger partial charge in [-0.15, -0.1) is 0 Å². The zero-order valence-corrected chi connectivity index (χ0v) is 13.5. The third-order valence-electron chi connectivity index (χ3n) is 3.64. The summed E-state index contributed by atoms with van der Waals surface area (Å²) in [6.45, 7) is 1.85. The number of esters is 1. The molecular weight excluding hydrogens is 315 g/mol. The van der Waals surface area contributed by atoms with Gasteiger partial charge in [0.05, 0.1) is 13.0 Å². The van der Waals surface area contributed by atoms with Crippen LogP contribution < -0.4 is 5.32 Å². The molecule has 0 radical (unpaired) electrons. The van der Waals surface area contributed by atoms with Gasteiger partial charge in [0.15, 0.2) is 12.1 Å². The number of carbonyl (C=O) groups is 2. The molecule has 128 valence electrons. The molecule has 1 aromatic carbocycles. The average molecular weight is 334 g/mol. The summed E-state index contributed by atoms with van der Waals surface area (Å²) in [5.41, 5.74) is 0.574. The summed E-state index contributed by atoms with van der Waals surface area (Å²) in [6, 6.07) is 6.18. The summed E-state index contributed by atoms with van der Waals surface area (Å²) in [4.78, 5) is 28.0. The Balaban J connectivity index is 2.05. The number of carbonyl (C=O) groups excluding carboxylic acids is 2. The van der Waals surface area contributed by atoms with E-state index in [-0.39, 0.29) is 18.7 Å². The Morgan fingerprint density at radius 2 is 2.12 bits per heavy atom. The molecule has 1 aromatic heterocycles. The van der Waals surface area contributed by atoms with E-state index < -0.39 is 23.6 Å². The van der Waals surface area contributed by atoms with E-state index in [9.17, 15) is 14.0 Å². The zero-order chi connectivity index (χ0) is 17.5. The fourth-order valence-electron chi connectivity index (χ4n) is 2.34. The largest absolute Gasteiger partial charge is 0.469 e. The van der Waals surface area contributed by atoms with Crippen molar-refractivity contribution in [2.24, 2.45) is 5.92 Å². The molecular formula is C17H19FN2O4.